The summed E-state index contributed by atoms with van der Waals surface area (Å²) in [6.07, 6.45) is 0. The second kappa shape index (κ2) is 6.29. The van der Waals surface area contributed by atoms with Gasteiger partial charge in [-0.2, -0.15) is 4.98 Å². The smallest absolute Gasteiger partial charge is 0.316 e. The van der Waals surface area contributed by atoms with Gasteiger partial charge in [-0.1, -0.05) is 13.8 Å². The van der Waals surface area contributed by atoms with Crippen molar-refractivity contribution in [1.29, 1.82) is 0 Å². The van der Waals surface area contributed by atoms with Crippen molar-refractivity contribution < 1.29 is 18.3 Å². The lowest BCUT2D eigenvalue weighted by atomic mass is 10.1. The Morgan fingerprint density at radius 2 is 2.00 bits per heavy atom. The van der Waals surface area contributed by atoms with Crippen LogP contribution in [0.25, 0.3) is 0 Å². The van der Waals surface area contributed by atoms with Crippen molar-refractivity contribution >= 4 is 9.84 Å². The van der Waals surface area contributed by atoms with Crippen molar-refractivity contribution in [3.8, 4) is 6.01 Å². The maximum atomic E-state index is 12.2. The molecule has 6 nitrogen and oxygen atoms in total. The van der Waals surface area contributed by atoms with Crippen molar-refractivity contribution in [3.05, 3.63) is 17.5 Å². The molecule has 0 amide bonds. The van der Waals surface area contributed by atoms with Crippen LogP contribution in [0, 0.1) is 12.8 Å². The standard InChI is InChI=1S/C12H20N2O4S/c1-8(2)11(6-15)19(16,17)7-10-5-9(3)13-12(14-10)18-4/h5,8,11,15H,6-7H2,1-4H3. The first-order valence-corrected chi connectivity index (χ1v) is 7.72. The topological polar surface area (TPSA) is 89.4 Å². The molecule has 19 heavy (non-hydrogen) atoms. The van der Waals surface area contributed by atoms with Gasteiger partial charge in [0.2, 0.25) is 0 Å². The predicted octanol–water partition coefficient (Wildman–Crippen LogP) is 0.725. The van der Waals surface area contributed by atoms with Crippen LogP contribution in [0.4, 0.5) is 0 Å². The minimum absolute atomic E-state index is 0.148. The Morgan fingerprint density at radius 1 is 1.37 bits per heavy atom. The molecular weight excluding hydrogens is 268 g/mol. The van der Waals surface area contributed by atoms with Crippen molar-refractivity contribution in [2.45, 2.75) is 31.8 Å². The fourth-order valence-electron chi connectivity index (χ4n) is 1.82. The average Bonchev–Trinajstić information content (AvgIpc) is 2.26. The number of aromatic nitrogens is 2. The summed E-state index contributed by atoms with van der Waals surface area (Å²) >= 11 is 0. The lowest BCUT2D eigenvalue weighted by Gasteiger charge is -2.18. The SMILES string of the molecule is COc1nc(C)cc(CS(=O)(=O)C(CO)C(C)C)n1. The molecule has 1 heterocycles. The zero-order valence-electron chi connectivity index (χ0n) is 11.6. The van der Waals surface area contributed by atoms with Gasteiger partial charge in [0, 0.05) is 5.69 Å². The highest BCUT2D eigenvalue weighted by Gasteiger charge is 2.28. The van der Waals surface area contributed by atoms with Gasteiger partial charge < -0.3 is 9.84 Å². The van der Waals surface area contributed by atoms with Gasteiger partial charge in [-0.25, -0.2) is 13.4 Å². The molecule has 0 aliphatic rings. The molecule has 0 spiro atoms. The molecule has 1 atom stereocenters. The summed E-state index contributed by atoms with van der Waals surface area (Å²) in [4.78, 5) is 8.02. The van der Waals surface area contributed by atoms with Crippen LogP contribution in [0.1, 0.15) is 25.2 Å². The van der Waals surface area contributed by atoms with Crippen molar-refractivity contribution in [3.63, 3.8) is 0 Å². The molecule has 1 unspecified atom stereocenters. The van der Waals surface area contributed by atoms with Gasteiger partial charge in [0.1, 0.15) is 0 Å². The molecule has 1 rings (SSSR count). The third-order valence-corrected chi connectivity index (χ3v) is 5.12. The van der Waals surface area contributed by atoms with E-state index in [0.29, 0.717) is 11.4 Å². The molecule has 0 fully saturated rings. The fourth-order valence-corrected chi connectivity index (χ4v) is 3.65. The minimum atomic E-state index is -3.46. The third-order valence-electron chi connectivity index (χ3n) is 2.80. The second-order valence-corrected chi connectivity index (χ2v) is 6.98. The van der Waals surface area contributed by atoms with Crippen LogP contribution < -0.4 is 4.74 Å². The van der Waals surface area contributed by atoms with Crippen LogP contribution in [0.2, 0.25) is 0 Å². The molecule has 0 radical (unpaired) electrons. The van der Waals surface area contributed by atoms with E-state index in [0.717, 1.165) is 0 Å². The van der Waals surface area contributed by atoms with Gasteiger partial charge in [-0.3, -0.25) is 0 Å². The normalized spacial score (nSPS) is 13.6. The van der Waals surface area contributed by atoms with Crippen LogP contribution in [-0.2, 0) is 15.6 Å². The number of sulfone groups is 1. The van der Waals surface area contributed by atoms with Crippen molar-refractivity contribution in [2.75, 3.05) is 13.7 Å². The summed E-state index contributed by atoms with van der Waals surface area (Å²) in [5, 5.41) is 8.45. The Balaban J connectivity index is 3.04. The Morgan fingerprint density at radius 3 is 2.47 bits per heavy atom. The molecule has 0 saturated carbocycles. The van der Waals surface area contributed by atoms with Gasteiger partial charge in [0.05, 0.1) is 30.4 Å². The Kier molecular flexibility index (Phi) is 5.25. The maximum absolute atomic E-state index is 12.2. The molecule has 0 aliphatic heterocycles. The minimum Gasteiger partial charge on any atom is -0.467 e. The molecule has 0 bridgehead atoms. The summed E-state index contributed by atoms with van der Waals surface area (Å²) in [6, 6.07) is 1.75. The quantitative estimate of drug-likeness (QED) is 0.830. The number of aliphatic hydroxyl groups is 1. The van der Waals surface area contributed by atoms with E-state index >= 15 is 0 Å². The number of hydrogen-bond acceptors (Lipinski definition) is 6. The largest absolute Gasteiger partial charge is 0.467 e. The number of aryl methyl sites for hydroxylation is 1. The average molecular weight is 288 g/mol. The van der Waals surface area contributed by atoms with E-state index in [1.54, 1.807) is 26.8 Å². The van der Waals surface area contributed by atoms with E-state index in [1.165, 1.54) is 7.11 Å². The maximum Gasteiger partial charge on any atom is 0.316 e. The molecule has 0 saturated heterocycles. The fraction of sp³-hybridized carbons (Fsp3) is 0.667. The highest BCUT2D eigenvalue weighted by atomic mass is 32.2. The summed E-state index contributed by atoms with van der Waals surface area (Å²) in [5.74, 6) is -0.379. The van der Waals surface area contributed by atoms with E-state index in [9.17, 15) is 13.5 Å². The first kappa shape index (κ1) is 15.8. The van der Waals surface area contributed by atoms with Gasteiger partial charge in [0.15, 0.2) is 9.84 Å². The van der Waals surface area contributed by atoms with Gasteiger partial charge >= 0.3 is 6.01 Å². The monoisotopic (exact) mass is 288 g/mol. The molecule has 7 heteroatoms. The number of rotatable bonds is 6. The zero-order chi connectivity index (χ0) is 14.6. The van der Waals surface area contributed by atoms with Crippen LogP contribution in [0.15, 0.2) is 6.07 Å². The second-order valence-electron chi connectivity index (χ2n) is 4.76. The van der Waals surface area contributed by atoms with E-state index in [2.05, 4.69) is 9.97 Å². The van der Waals surface area contributed by atoms with Gasteiger partial charge in [-0.05, 0) is 18.9 Å². The van der Waals surface area contributed by atoms with Gasteiger partial charge in [-0.15, -0.1) is 0 Å². The zero-order valence-corrected chi connectivity index (χ0v) is 12.4. The first-order valence-electron chi connectivity index (χ1n) is 6.01. The van der Waals surface area contributed by atoms with Crippen LogP contribution in [0.3, 0.4) is 0 Å². The number of hydrogen-bond donors (Lipinski definition) is 1. The summed E-state index contributed by atoms with van der Waals surface area (Å²) < 4.78 is 29.4. The van der Waals surface area contributed by atoms with Crippen molar-refractivity contribution in [1.82, 2.24) is 9.97 Å². The lowest BCUT2D eigenvalue weighted by Crippen LogP contribution is -2.31. The molecular formula is C12H20N2O4S. The first-order chi connectivity index (χ1) is 8.80. The molecule has 0 aliphatic carbocycles. The Hall–Kier alpha value is -1.21. The third kappa shape index (κ3) is 4.14. The molecule has 108 valence electrons. The number of methoxy groups -OCH3 is 1. The predicted molar refractivity (Wildman–Crippen MR) is 71.7 cm³/mol. The molecule has 1 aromatic rings. The number of aliphatic hydroxyl groups excluding tert-OH is 1. The van der Waals surface area contributed by atoms with Crippen LogP contribution >= 0.6 is 0 Å². The van der Waals surface area contributed by atoms with Crippen LogP contribution in [0.5, 0.6) is 6.01 Å². The lowest BCUT2D eigenvalue weighted by molar-refractivity contribution is 0.269. The number of nitrogens with zero attached hydrogens (tertiary/aromatic N) is 2. The summed E-state index contributed by atoms with van der Waals surface area (Å²) in [5.41, 5.74) is 1.02. The summed E-state index contributed by atoms with van der Waals surface area (Å²) in [6.45, 7) is 4.89. The Bertz CT molecular complexity index is 529. The van der Waals surface area contributed by atoms with E-state index in [1.807, 2.05) is 0 Å². The molecule has 1 aromatic heterocycles. The van der Waals surface area contributed by atoms with E-state index < -0.39 is 15.1 Å². The van der Waals surface area contributed by atoms with E-state index in [-0.39, 0.29) is 24.3 Å². The van der Waals surface area contributed by atoms with Crippen LogP contribution in [-0.4, -0.2) is 42.5 Å². The highest BCUT2D eigenvalue weighted by Crippen LogP contribution is 2.18. The van der Waals surface area contributed by atoms with Crippen molar-refractivity contribution in [2.24, 2.45) is 5.92 Å². The highest BCUT2D eigenvalue weighted by molar-refractivity contribution is 7.91. The van der Waals surface area contributed by atoms with Gasteiger partial charge in [0.25, 0.3) is 0 Å². The molecule has 0 aromatic carbocycles. The number of ether oxygens (including phenoxy) is 1. The molecule has 1 N–H and O–H groups in total. The van der Waals surface area contributed by atoms with E-state index in [4.69, 9.17) is 4.74 Å². The Labute approximate surface area is 113 Å². The summed E-state index contributed by atoms with van der Waals surface area (Å²) in [7, 11) is -2.03.